The topological polar surface area (TPSA) is 60.9 Å². The molecule has 0 radical (unpaired) electrons. The standard InChI is InChI=1S/C39H28F3N3O3S/c1-37(2)27-17-10-11-20-31(27)45-32-28(37)18-12-19-29(32)38(3,39(40,41)42)30-22-25(49-35(30)45)21-26-33(46)43(23-13-6-4-7-14-23)36(48)44(34(26)47)24-15-8-5-9-16-24/h4-22H,1-3H3. The van der Waals surface area contributed by atoms with Crippen LogP contribution in [0.2, 0.25) is 0 Å². The average Bonchev–Trinajstić information content (AvgIpc) is 3.51. The van der Waals surface area contributed by atoms with Crippen LogP contribution in [0.25, 0.3) is 6.08 Å². The van der Waals surface area contributed by atoms with Gasteiger partial charge in [0.2, 0.25) is 0 Å². The van der Waals surface area contributed by atoms with Gasteiger partial charge in [0.1, 0.15) is 16.0 Å². The van der Waals surface area contributed by atoms with Crippen molar-refractivity contribution in [1.82, 2.24) is 0 Å². The molecule has 0 bridgehead atoms. The van der Waals surface area contributed by atoms with E-state index in [0.29, 0.717) is 10.7 Å². The van der Waals surface area contributed by atoms with E-state index in [1.54, 1.807) is 66.7 Å². The van der Waals surface area contributed by atoms with Crippen LogP contribution in [0.3, 0.4) is 0 Å². The fourth-order valence-electron chi connectivity index (χ4n) is 7.29. The predicted octanol–water partition coefficient (Wildman–Crippen LogP) is 9.62. The van der Waals surface area contributed by atoms with E-state index in [-0.39, 0.29) is 33.0 Å². The molecule has 1 saturated heterocycles. The maximum Gasteiger partial charge on any atom is 0.402 e. The number of halogens is 3. The van der Waals surface area contributed by atoms with Crippen LogP contribution in [0.1, 0.15) is 47.9 Å². The van der Waals surface area contributed by atoms with E-state index in [1.165, 1.54) is 25.1 Å². The predicted molar refractivity (Wildman–Crippen MR) is 185 cm³/mol. The fourth-order valence-corrected chi connectivity index (χ4v) is 8.52. The molecule has 5 aromatic rings. The highest BCUT2D eigenvalue weighted by atomic mass is 32.1. The van der Waals surface area contributed by atoms with Gasteiger partial charge in [0.25, 0.3) is 11.8 Å². The van der Waals surface area contributed by atoms with Gasteiger partial charge in [-0.1, -0.05) is 86.6 Å². The van der Waals surface area contributed by atoms with Crippen molar-refractivity contribution < 1.29 is 27.6 Å². The summed E-state index contributed by atoms with van der Waals surface area (Å²) in [5, 5.41) is 0.348. The molecule has 4 heterocycles. The third kappa shape index (κ3) is 4.23. The number of fused-ring (bicyclic) bond motifs is 4. The molecule has 8 rings (SSSR count). The number of imide groups is 2. The Labute approximate surface area is 284 Å². The van der Waals surface area contributed by atoms with Crippen LogP contribution in [0, 0.1) is 0 Å². The van der Waals surface area contributed by atoms with Crippen molar-refractivity contribution in [3.05, 3.63) is 142 Å². The second-order valence-electron chi connectivity index (χ2n) is 13.0. The number of anilines is 5. The van der Waals surface area contributed by atoms with Crippen LogP contribution in [-0.2, 0) is 20.4 Å². The number of benzene rings is 4. The number of amides is 4. The van der Waals surface area contributed by atoms with E-state index in [1.807, 2.05) is 49.1 Å². The maximum atomic E-state index is 15.5. The van der Waals surface area contributed by atoms with E-state index in [9.17, 15) is 14.4 Å². The van der Waals surface area contributed by atoms with Crippen molar-refractivity contribution in [1.29, 1.82) is 0 Å². The van der Waals surface area contributed by atoms with Gasteiger partial charge in [-0.05, 0) is 66.1 Å². The van der Waals surface area contributed by atoms with Gasteiger partial charge in [0.05, 0.1) is 22.7 Å². The molecule has 0 saturated carbocycles. The lowest BCUT2D eigenvalue weighted by atomic mass is 9.66. The molecule has 6 nitrogen and oxygen atoms in total. The number of hydrogen-bond donors (Lipinski definition) is 0. The van der Waals surface area contributed by atoms with Crippen LogP contribution in [-0.4, -0.2) is 24.0 Å². The Balaban J connectivity index is 1.36. The molecule has 1 aromatic heterocycles. The second kappa shape index (κ2) is 10.5. The molecule has 0 spiro atoms. The minimum absolute atomic E-state index is 0.0163. The quantitative estimate of drug-likeness (QED) is 0.141. The van der Waals surface area contributed by atoms with Gasteiger partial charge in [-0.2, -0.15) is 13.2 Å². The number of alkyl halides is 3. The summed E-state index contributed by atoms with van der Waals surface area (Å²) in [5.74, 6) is -1.73. The van der Waals surface area contributed by atoms with Crippen molar-refractivity contribution >= 4 is 63.0 Å². The molecule has 4 aromatic carbocycles. The summed E-state index contributed by atoms with van der Waals surface area (Å²) in [5.41, 5.74) is 0.299. The lowest BCUT2D eigenvalue weighted by Gasteiger charge is -2.49. The molecule has 0 N–H and O–H groups in total. The fraction of sp³-hybridized carbons (Fsp3) is 0.154. The zero-order valence-corrected chi connectivity index (χ0v) is 27.4. The number of nitrogens with zero attached hydrogens (tertiary/aromatic N) is 3. The van der Waals surface area contributed by atoms with Gasteiger partial charge in [-0.3, -0.25) is 9.59 Å². The number of carbonyl (C=O) groups excluding carboxylic acids is 3. The van der Waals surface area contributed by atoms with E-state index >= 15 is 13.2 Å². The van der Waals surface area contributed by atoms with E-state index in [4.69, 9.17) is 0 Å². The number of barbiturate groups is 1. The SMILES string of the molecule is CC1(C)c2ccccc2N2c3sc(C=C4C(=O)N(c5ccccc5)C(=O)N(c5ccccc5)C4=O)cc3C(C)(C(F)(F)F)c3cccc1c32. The van der Waals surface area contributed by atoms with E-state index < -0.39 is 34.9 Å². The summed E-state index contributed by atoms with van der Waals surface area (Å²) >= 11 is 1.07. The number of carbonyl (C=O) groups is 3. The molecule has 3 aliphatic rings. The number of hydrogen-bond acceptors (Lipinski definition) is 5. The zero-order valence-electron chi connectivity index (χ0n) is 26.6. The van der Waals surface area contributed by atoms with Gasteiger partial charge in [-0.15, -0.1) is 11.3 Å². The first-order chi connectivity index (χ1) is 23.4. The number of urea groups is 1. The van der Waals surface area contributed by atoms with Gasteiger partial charge >= 0.3 is 12.2 Å². The Morgan fingerprint density at radius 1 is 0.633 bits per heavy atom. The summed E-state index contributed by atoms with van der Waals surface area (Å²) in [4.78, 5) is 45.9. The van der Waals surface area contributed by atoms with Gasteiger partial charge in [0, 0.05) is 15.9 Å². The largest absolute Gasteiger partial charge is 0.402 e. The first-order valence-electron chi connectivity index (χ1n) is 15.6. The third-order valence-electron chi connectivity index (χ3n) is 9.90. The van der Waals surface area contributed by atoms with E-state index in [2.05, 4.69) is 0 Å². The molecule has 10 heteroatoms. The van der Waals surface area contributed by atoms with Crippen LogP contribution in [0.4, 0.5) is 45.7 Å². The Morgan fingerprint density at radius 3 is 1.76 bits per heavy atom. The minimum Gasteiger partial charge on any atom is -0.301 e. The smallest absolute Gasteiger partial charge is 0.301 e. The monoisotopic (exact) mass is 675 g/mol. The maximum absolute atomic E-state index is 15.5. The van der Waals surface area contributed by atoms with Gasteiger partial charge in [0.15, 0.2) is 0 Å². The van der Waals surface area contributed by atoms with Crippen molar-refractivity contribution in [2.75, 3.05) is 14.7 Å². The van der Waals surface area contributed by atoms with Crippen molar-refractivity contribution in [3.8, 4) is 0 Å². The summed E-state index contributed by atoms with van der Waals surface area (Å²) in [7, 11) is 0. The van der Waals surface area contributed by atoms with Crippen LogP contribution in [0.15, 0.2) is 115 Å². The van der Waals surface area contributed by atoms with Gasteiger partial charge in [-0.25, -0.2) is 14.6 Å². The normalized spacial score (nSPS) is 19.4. The molecule has 49 heavy (non-hydrogen) atoms. The summed E-state index contributed by atoms with van der Waals surface area (Å²) in [6.07, 6.45) is -3.37. The Hall–Kier alpha value is -5.48. The molecular formula is C39H28F3N3O3S. The first kappa shape index (κ1) is 30.8. The van der Waals surface area contributed by atoms with Crippen molar-refractivity contribution in [2.45, 2.75) is 37.8 Å². The molecule has 1 unspecified atom stereocenters. The van der Waals surface area contributed by atoms with Crippen LogP contribution in [0.5, 0.6) is 0 Å². The zero-order chi connectivity index (χ0) is 34.5. The molecule has 1 atom stereocenters. The van der Waals surface area contributed by atoms with E-state index in [0.717, 1.165) is 38.0 Å². The number of rotatable bonds is 3. The minimum atomic E-state index is -4.69. The van der Waals surface area contributed by atoms with Crippen LogP contribution < -0.4 is 14.7 Å². The Bertz CT molecular complexity index is 2180. The van der Waals surface area contributed by atoms with Gasteiger partial charge < -0.3 is 4.90 Å². The van der Waals surface area contributed by atoms with Crippen molar-refractivity contribution in [3.63, 3.8) is 0 Å². The summed E-state index contributed by atoms with van der Waals surface area (Å²) in [6, 6.07) is 29.8. The molecule has 3 aliphatic heterocycles. The number of thiophene rings is 1. The Morgan fingerprint density at radius 2 is 1.16 bits per heavy atom. The second-order valence-corrected chi connectivity index (χ2v) is 14.0. The summed E-state index contributed by atoms with van der Waals surface area (Å²) in [6.45, 7) is 5.23. The average molecular weight is 676 g/mol. The molecule has 4 amide bonds. The van der Waals surface area contributed by atoms with Crippen molar-refractivity contribution in [2.24, 2.45) is 0 Å². The number of para-hydroxylation sites is 4. The first-order valence-corrected chi connectivity index (χ1v) is 16.5. The highest BCUT2D eigenvalue weighted by Gasteiger charge is 2.60. The molecule has 1 fully saturated rings. The highest BCUT2D eigenvalue weighted by molar-refractivity contribution is 7.17. The third-order valence-corrected chi connectivity index (χ3v) is 11.0. The lowest BCUT2D eigenvalue weighted by molar-refractivity contribution is -0.173. The summed E-state index contributed by atoms with van der Waals surface area (Å²) < 4.78 is 46.4. The Kier molecular flexibility index (Phi) is 6.61. The molecule has 0 aliphatic carbocycles. The molecular weight excluding hydrogens is 648 g/mol. The lowest BCUT2D eigenvalue weighted by Crippen LogP contribution is -2.57. The van der Waals surface area contributed by atoms with Crippen LogP contribution >= 0.6 is 11.3 Å². The molecule has 244 valence electrons. The highest BCUT2D eigenvalue weighted by Crippen LogP contribution is 2.64.